The summed E-state index contributed by atoms with van der Waals surface area (Å²) >= 11 is 0. The average molecular weight is 556 g/mol. The fourth-order valence-corrected chi connectivity index (χ4v) is 5.54. The Bertz CT molecular complexity index is 1240. The van der Waals surface area contributed by atoms with Crippen LogP contribution in [0.5, 0.6) is 0 Å². The Morgan fingerprint density at radius 3 is 2.30 bits per heavy atom. The highest BCUT2D eigenvalue weighted by Crippen LogP contribution is 2.36. The Morgan fingerprint density at radius 1 is 1.02 bits per heavy atom. The fourth-order valence-electron chi connectivity index (χ4n) is 5.54. The first kappa shape index (κ1) is 29.4. The normalized spacial score (nSPS) is 19.1. The lowest BCUT2D eigenvalue weighted by Crippen LogP contribution is -2.51. The summed E-state index contributed by atoms with van der Waals surface area (Å²) < 4.78 is 41.2. The van der Waals surface area contributed by atoms with Crippen molar-refractivity contribution in [1.82, 2.24) is 15.2 Å². The van der Waals surface area contributed by atoms with Crippen molar-refractivity contribution >= 4 is 17.5 Å². The summed E-state index contributed by atoms with van der Waals surface area (Å²) in [6.07, 6.45) is 4.78. The van der Waals surface area contributed by atoms with E-state index in [0.717, 1.165) is 43.7 Å². The quantitative estimate of drug-likeness (QED) is 0.451. The molecule has 1 saturated heterocycles. The SMILES string of the molecule is CC(C)(C)c1ccc(N(C(=O)[C@H]2CCCN2C#N)C(C(=O)NC2CCCCC2)c2cncc(C(F)(F)F)c2)cc1. The third-order valence-electron chi connectivity index (χ3n) is 7.78. The second-order valence-electron chi connectivity index (χ2n) is 11.7. The maximum Gasteiger partial charge on any atom is 0.417 e. The summed E-state index contributed by atoms with van der Waals surface area (Å²) in [5.74, 6) is -1.08. The highest BCUT2D eigenvalue weighted by atomic mass is 19.4. The van der Waals surface area contributed by atoms with Gasteiger partial charge in [0, 0.05) is 36.2 Å². The van der Waals surface area contributed by atoms with Crippen molar-refractivity contribution in [3.63, 3.8) is 0 Å². The maximum atomic E-state index is 14.2. The molecule has 214 valence electrons. The molecule has 1 aliphatic carbocycles. The molecule has 0 bridgehead atoms. The Kier molecular flexibility index (Phi) is 8.71. The number of hydrogen-bond acceptors (Lipinski definition) is 5. The minimum atomic E-state index is -4.68. The molecule has 1 saturated carbocycles. The first-order valence-corrected chi connectivity index (χ1v) is 13.8. The predicted molar refractivity (Wildman–Crippen MR) is 145 cm³/mol. The number of carbonyl (C=O) groups excluding carboxylic acids is 2. The molecule has 2 aliphatic rings. The molecule has 2 amide bonds. The number of carbonyl (C=O) groups is 2. The highest BCUT2D eigenvalue weighted by molar-refractivity contribution is 6.04. The van der Waals surface area contributed by atoms with Gasteiger partial charge in [0.1, 0.15) is 12.1 Å². The van der Waals surface area contributed by atoms with Crippen LogP contribution in [0.2, 0.25) is 0 Å². The molecule has 2 atom stereocenters. The van der Waals surface area contributed by atoms with Crippen molar-refractivity contribution in [2.75, 3.05) is 11.4 Å². The van der Waals surface area contributed by atoms with Crippen LogP contribution in [0.15, 0.2) is 42.7 Å². The van der Waals surface area contributed by atoms with E-state index in [9.17, 15) is 28.0 Å². The molecular formula is C30H36F3N5O2. The molecule has 1 aromatic heterocycles. The largest absolute Gasteiger partial charge is 0.417 e. The van der Waals surface area contributed by atoms with Crippen LogP contribution in [-0.2, 0) is 21.2 Å². The van der Waals surface area contributed by atoms with Gasteiger partial charge in [-0.15, -0.1) is 0 Å². The Labute approximate surface area is 233 Å². The number of aromatic nitrogens is 1. The Morgan fingerprint density at radius 2 is 1.70 bits per heavy atom. The molecule has 1 aliphatic heterocycles. The molecule has 1 N–H and O–H groups in total. The first-order chi connectivity index (χ1) is 18.9. The van der Waals surface area contributed by atoms with E-state index in [-0.39, 0.29) is 17.0 Å². The predicted octanol–water partition coefficient (Wildman–Crippen LogP) is 5.87. The second kappa shape index (κ2) is 11.9. The molecule has 40 heavy (non-hydrogen) atoms. The molecule has 2 aromatic rings. The number of rotatable bonds is 6. The van der Waals surface area contributed by atoms with E-state index in [1.54, 1.807) is 12.1 Å². The molecule has 10 heteroatoms. The number of nitriles is 1. The van der Waals surface area contributed by atoms with Gasteiger partial charge in [-0.3, -0.25) is 24.4 Å². The van der Waals surface area contributed by atoms with E-state index in [0.29, 0.717) is 31.3 Å². The van der Waals surface area contributed by atoms with Crippen molar-refractivity contribution in [1.29, 1.82) is 5.26 Å². The van der Waals surface area contributed by atoms with Crippen LogP contribution in [0.1, 0.15) is 88.4 Å². The van der Waals surface area contributed by atoms with Crippen LogP contribution in [0.25, 0.3) is 0 Å². The smallest absolute Gasteiger partial charge is 0.351 e. The summed E-state index contributed by atoms with van der Waals surface area (Å²) in [6.45, 7) is 6.53. The second-order valence-corrected chi connectivity index (χ2v) is 11.7. The fraction of sp³-hybridized carbons (Fsp3) is 0.533. The van der Waals surface area contributed by atoms with Gasteiger partial charge < -0.3 is 5.32 Å². The summed E-state index contributed by atoms with van der Waals surface area (Å²) in [5, 5.41) is 12.7. The summed E-state index contributed by atoms with van der Waals surface area (Å²) in [7, 11) is 0. The average Bonchev–Trinajstić information content (AvgIpc) is 3.40. The van der Waals surface area contributed by atoms with Crippen LogP contribution in [0, 0.1) is 11.5 Å². The first-order valence-electron chi connectivity index (χ1n) is 13.8. The van der Waals surface area contributed by atoms with E-state index in [4.69, 9.17) is 0 Å². The number of hydrogen-bond donors (Lipinski definition) is 1. The zero-order chi connectivity index (χ0) is 29.1. The van der Waals surface area contributed by atoms with Crippen LogP contribution in [0.3, 0.4) is 0 Å². The lowest BCUT2D eigenvalue weighted by Gasteiger charge is -2.36. The molecule has 4 rings (SSSR count). The lowest BCUT2D eigenvalue weighted by atomic mass is 9.87. The van der Waals surface area contributed by atoms with Crippen molar-refractivity contribution in [2.24, 2.45) is 0 Å². The standard InChI is InChI=1S/C30H36F3N5O2/c1-29(2,3)21-11-13-24(14-12-21)38(28(40)25-10-7-15-37(25)19-34)26(27(39)36-23-8-5-4-6-9-23)20-16-22(18-35-17-20)30(31,32)33/h11-14,16-18,23,25-26H,4-10,15H2,1-3H3,(H,36,39)/t25-,26?/m1/s1. The maximum absolute atomic E-state index is 14.2. The van der Waals surface area contributed by atoms with Gasteiger partial charge in [-0.1, -0.05) is 52.2 Å². The van der Waals surface area contributed by atoms with Gasteiger partial charge >= 0.3 is 6.18 Å². The van der Waals surface area contributed by atoms with Gasteiger partial charge in [0.2, 0.25) is 5.91 Å². The number of nitrogens with one attached hydrogen (secondary N) is 1. The van der Waals surface area contributed by atoms with Gasteiger partial charge in [0.15, 0.2) is 6.19 Å². The number of alkyl halides is 3. The molecular weight excluding hydrogens is 519 g/mol. The molecule has 0 spiro atoms. The van der Waals surface area contributed by atoms with E-state index in [1.165, 1.54) is 16.0 Å². The summed E-state index contributed by atoms with van der Waals surface area (Å²) in [6, 6.07) is 5.66. The zero-order valence-electron chi connectivity index (χ0n) is 23.2. The van der Waals surface area contributed by atoms with Gasteiger partial charge in [-0.2, -0.15) is 18.4 Å². The Balaban J connectivity index is 1.85. The van der Waals surface area contributed by atoms with E-state index in [2.05, 4.69) is 16.5 Å². The number of anilines is 1. The van der Waals surface area contributed by atoms with Crippen molar-refractivity contribution in [3.05, 3.63) is 59.4 Å². The topological polar surface area (TPSA) is 89.3 Å². The van der Waals surface area contributed by atoms with E-state index in [1.807, 2.05) is 32.9 Å². The van der Waals surface area contributed by atoms with Crippen molar-refractivity contribution in [3.8, 4) is 6.19 Å². The van der Waals surface area contributed by atoms with E-state index < -0.39 is 35.6 Å². The molecule has 2 fully saturated rings. The molecule has 1 aromatic carbocycles. The minimum absolute atomic E-state index is 0.0436. The summed E-state index contributed by atoms with van der Waals surface area (Å²) in [5.41, 5.74) is 0.128. The van der Waals surface area contributed by atoms with Gasteiger partial charge in [-0.05, 0) is 54.9 Å². The number of halogens is 3. The number of nitrogens with zero attached hydrogens (tertiary/aromatic N) is 4. The third-order valence-corrected chi connectivity index (χ3v) is 7.78. The molecule has 2 heterocycles. The number of likely N-dealkylation sites (tertiary alicyclic amines) is 1. The minimum Gasteiger partial charge on any atom is -0.351 e. The summed E-state index contributed by atoms with van der Waals surface area (Å²) in [4.78, 5) is 34.6. The van der Waals surface area contributed by atoms with Gasteiger partial charge in [0.05, 0.1) is 5.56 Å². The van der Waals surface area contributed by atoms with Crippen LogP contribution in [0.4, 0.5) is 18.9 Å². The van der Waals surface area contributed by atoms with Crippen molar-refractivity contribution < 1.29 is 22.8 Å². The molecule has 7 nitrogen and oxygen atoms in total. The highest BCUT2D eigenvalue weighted by Gasteiger charge is 2.42. The van der Waals surface area contributed by atoms with E-state index >= 15 is 0 Å². The molecule has 0 radical (unpaired) electrons. The Hall–Kier alpha value is -3.61. The number of pyridine rings is 1. The van der Waals surface area contributed by atoms with Crippen LogP contribution in [-0.4, -0.2) is 40.3 Å². The number of benzene rings is 1. The van der Waals surface area contributed by atoms with Gasteiger partial charge in [-0.25, -0.2) is 0 Å². The van der Waals surface area contributed by atoms with Crippen LogP contribution < -0.4 is 10.2 Å². The number of amides is 2. The van der Waals surface area contributed by atoms with Gasteiger partial charge in [0.25, 0.3) is 5.91 Å². The van der Waals surface area contributed by atoms with Crippen LogP contribution >= 0.6 is 0 Å². The molecule has 1 unspecified atom stereocenters. The lowest BCUT2D eigenvalue weighted by molar-refractivity contribution is -0.138. The zero-order valence-corrected chi connectivity index (χ0v) is 23.2. The monoisotopic (exact) mass is 555 g/mol. The third kappa shape index (κ3) is 6.57. The van der Waals surface area contributed by atoms with Crippen molar-refractivity contribution in [2.45, 2.75) is 95.4 Å².